The number of aliphatic hydroxyl groups excluding tert-OH is 1. The van der Waals surface area contributed by atoms with Crippen LogP contribution in [-0.4, -0.2) is 50.9 Å². The molecule has 31 heavy (non-hydrogen) atoms. The standard InChI is InChI=1S/C21H21F3N4O.CH4O/c1-12-10-15(21(22,23)24)4-5-17(12)19-7-6-18-13(2)28(26-20(18)25-19)16-8-9-27(11-16)14(3)29;1-2/h4-7,10,16H,8-9,11H2,1-3H3;2H,1H3/t16-;/m0./s1. The Morgan fingerprint density at radius 2 is 1.87 bits per heavy atom. The van der Waals surface area contributed by atoms with E-state index in [0.717, 1.165) is 36.7 Å². The summed E-state index contributed by atoms with van der Waals surface area (Å²) >= 11 is 0. The number of nitrogens with zero attached hydrogens (tertiary/aromatic N) is 4. The van der Waals surface area contributed by atoms with E-state index >= 15 is 0 Å². The minimum absolute atomic E-state index is 0.0556. The van der Waals surface area contributed by atoms with Crippen molar-refractivity contribution in [3.05, 3.63) is 47.2 Å². The Morgan fingerprint density at radius 3 is 2.45 bits per heavy atom. The highest BCUT2D eigenvalue weighted by molar-refractivity contribution is 5.81. The highest BCUT2D eigenvalue weighted by Gasteiger charge is 2.31. The molecule has 1 fully saturated rings. The molecular weight excluding hydrogens is 409 g/mol. The maximum absolute atomic E-state index is 12.9. The number of alkyl halides is 3. The fourth-order valence-electron chi connectivity index (χ4n) is 3.97. The molecule has 0 saturated carbocycles. The first kappa shape index (κ1) is 22.7. The monoisotopic (exact) mass is 434 g/mol. The summed E-state index contributed by atoms with van der Waals surface area (Å²) in [7, 11) is 1.00. The lowest BCUT2D eigenvalue weighted by molar-refractivity contribution is -0.137. The van der Waals surface area contributed by atoms with Gasteiger partial charge >= 0.3 is 6.18 Å². The van der Waals surface area contributed by atoms with Gasteiger partial charge in [0.1, 0.15) is 0 Å². The van der Waals surface area contributed by atoms with Gasteiger partial charge in [0, 0.05) is 43.8 Å². The molecule has 0 aliphatic carbocycles. The van der Waals surface area contributed by atoms with Gasteiger partial charge in [-0.25, -0.2) is 4.98 Å². The molecule has 1 aromatic carbocycles. The molecule has 3 heterocycles. The topological polar surface area (TPSA) is 71.2 Å². The number of carbonyl (C=O) groups excluding carboxylic acids is 1. The fraction of sp³-hybridized carbons (Fsp3) is 0.409. The fourth-order valence-corrected chi connectivity index (χ4v) is 3.97. The number of aliphatic hydroxyl groups is 1. The Morgan fingerprint density at radius 1 is 1.16 bits per heavy atom. The van der Waals surface area contributed by atoms with Gasteiger partial charge in [0.05, 0.1) is 17.3 Å². The predicted octanol–water partition coefficient (Wildman–Crippen LogP) is 4.14. The van der Waals surface area contributed by atoms with Crippen molar-refractivity contribution in [3.63, 3.8) is 0 Å². The summed E-state index contributed by atoms with van der Waals surface area (Å²) in [5.74, 6) is 0.0556. The van der Waals surface area contributed by atoms with Gasteiger partial charge in [-0.3, -0.25) is 9.48 Å². The maximum Gasteiger partial charge on any atom is 0.416 e. The zero-order valence-electron chi connectivity index (χ0n) is 17.9. The van der Waals surface area contributed by atoms with Crippen LogP contribution in [0.15, 0.2) is 30.3 Å². The van der Waals surface area contributed by atoms with Crippen LogP contribution >= 0.6 is 0 Å². The Hall–Kier alpha value is -2.94. The van der Waals surface area contributed by atoms with E-state index in [-0.39, 0.29) is 11.9 Å². The van der Waals surface area contributed by atoms with E-state index in [0.29, 0.717) is 35.6 Å². The number of aryl methyl sites for hydroxylation is 2. The second kappa shape index (κ2) is 8.66. The van der Waals surface area contributed by atoms with Crippen molar-refractivity contribution in [3.8, 4) is 11.3 Å². The van der Waals surface area contributed by atoms with Crippen LogP contribution in [-0.2, 0) is 11.0 Å². The third kappa shape index (κ3) is 4.41. The number of likely N-dealkylation sites (tertiary alicyclic amines) is 1. The molecule has 9 heteroatoms. The molecule has 6 nitrogen and oxygen atoms in total. The van der Waals surface area contributed by atoms with Crippen LogP contribution in [0.1, 0.15) is 36.2 Å². The van der Waals surface area contributed by atoms with Crippen molar-refractivity contribution in [1.29, 1.82) is 0 Å². The number of hydrogen-bond acceptors (Lipinski definition) is 4. The molecule has 4 rings (SSSR count). The number of fused-ring (bicyclic) bond motifs is 1. The van der Waals surface area contributed by atoms with Crippen LogP contribution in [0.25, 0.3) is 22.3 Å². The summed E-state index contributed by atoms with van der Waals surface area (Å²) in [5.41, 5.74) is 2.60. The van der Waals surface area contributed by atoms with Gasteiger partial charge in [0.25, 0.3) is 0 Å². The Kier molecular flexibility index (Phi) is 6.35. The zero-order chi connectivity index (χ0) is 22.9. The average molecular weight is 434 g/mol. The molecule has 1 atom stereocenters. The quantitative estimate of drug-likeness (QED) is 0.658. The van der Waals surface area contributed by atoms with Crippen molar-refractivity contribution in [1.82, 2.24) is 19.7 Å². The van der Waals surface area contributed by atoms with Crippen LogP contribution in [0.2, 0.25) is 0 Å². The lowest BCUT2D eigenvalue weighted by Gasteiger charge is -2.15. The minimum atomic E-state index is -4.37. The summed E-state index contributed by atoms with van der Waals surface area (Å²) < 4.78 is 40.7. The van der Waals surface area contributed by atoms with Gasteiger partial charge in [-0.15, -0.1) is 0 Å². The number of rotatable bonds is 2. The van der Waals surface area contributed by atoms with Crippen molar-refractivity contribution >= 4 is 16.9 Å². The lowest BCUT2D eigenvalue weighted by Crippen LogP contribution is -2.26. The lowest BCUT2D eigenvalue weighted by atomic mass is 10.0. The summed E-state index contributed by atoms with van der Waals surface area (Å²) in [4.78, 5) is 18.0. The summed E-state index contributed by atoms with van der Waals surface area (Å²) in [6.07, 6.45) is -3.54. The number of amides is 1. The molecule has 3 aromatic rings. The molecule has 0 unspecified atom stereocenters. The summed E-state index contributed by atoms with van der Waals surface area (Å²) in [5, 5.41) is 12.6. The Bertz CT molecular complexity index is 1110. The van der Waals surface area contributed by atoms with Crippen LogP contribution in [0.3, 0.4) is 0 Å². The highest BCUT2D eigenvalue weighted by atomic mass is 19.4. The van der Waals surface area contributed by atoms with Crippen molar-refractivity contribution in [2.24, 2.45) is 0 Å². The van der Waals surface area contributed by atoms with Crippen molar-refractivity contribution < 1.29 is 23.1 Å². The Labute approximate surface area is 178 Å². The number of carbonyl (C=O) groups is 1. The van der Waals surface area contributed by atoms with E-state index < -0.39 is 11.7 Å². The van der Waals surface area contributed by atoms with Crippen LogP contribution < -0.4 is 0 Å². The van der Waals surface area contributed by atoms with Gasteiger partial charge in [0.2, 0.25) is 5.91 Å². The average Bonchev–Trinajstić information content (AvgIpc) is 3.34. The van der Waals surface area contributed by atoms with Crippen LogP contribution in [0.5, 0.6) is 0 Å². The van der Waals surface area contributed by atoms with E-state index in [9.17, 15) is 18.0 Å². The third-order valence-corrected chi connectivity index (χ3v) is 5.60. The Balaban J connectivity index is 0.00000132. The first-order valence-electron chi connectivity index (χ1n) is 9.89. The van der Waals surface area contributed by atoms with Crippen molar-refractivity contribution in [2.75, 3.05) is 20.2 Å². The number of benzene rings is 1. The van der Waals surface area contributed by atoms with E-state index in [2.05, 4.69) is 10.1 Å². The molecule has 0 bridgehead atoms. The van der Waals surface area contributed by atoms with Crippen LogP contribution in [0, 0.1) is 13.8 Å². The third-order valence-electron chi connectivity index (χ3n) is 5.60. The van der Waals surface area contributed by atoms with E-state index in [1.807, 2.05) is 23.7 Å². The second-order valence-corrected chi connectivity index (χ2v) is 7.53. The minimum Gasteiger partial charge on any atom is -0.400 e. The molecular formula is C22H25F3N4O2. The van der Waals surface area contributed by atoms with Gasteiger partial charge in [0.15, 0.2) is 5.65 Å². The normalized spacial score (nSPS) is 16.4. The molecule has 1 amide bonds. The first-order valence-corrected chi connectivity index (χ1v) is 9.89. The molecule has 1 saturated heterocycles. The van der Waals surface area contributed by atoms with Crippen molar-refractivity contribution in [2.45, 2.75) is 39.4 Å². The number of hydrogen-bond donors (Lipinski definition) is 1. The zero-order valence-corrected chi connectivity index (χ0v) is 17.9. The largest absolute Gasteiger partial charge is 0.416 e. The molecule has 0 radical (unpaired) electrons. The molecule has 2 aromatic heterocycles. The highest BCUT2D eigenvalue weighted by Crippen LogP contribution is 2.33. The molecule has 1 aliphatic heterocycles. The number of pyridine rings is 1. The van der Waals surface area contributed by atoms with Gasteiger partial charge in [-0.05, 0) is 50.1 Å². The van der Waals surface area contributed by atoms with Crippen LogP contribution in [0.4, 0.5) is 13.2 Å². The van der Waals surface area contributed by atoms with E-state index in [4.69, 9.17) is 5.11 Å². The van der Waals surface area contributed by atoms with Gasteiger partial charge < -0.3 is 10.0 Å². The van der Waals surface area contributed by atoms with E-state index in [1.54, 1.807) is 18.7 Å². The maximum atomic E-state index is 12.9. The summed E-state index contributed by atoms with van der Waals surface area (Å²) in [6.45, 7) is 6.51. The molecule has 1 N–H and O–H groups in total. The molecule has 1 aliphatic rings. The summed E-state index contributed by atoms with van der Waals surface area (Å²) in [6, 6.07) is 7.49. The van der Waals surface area contributed by atoms with E-state index in [1.165, 1.54) is 6.07 Å². The smallest absolute Gasteiger partial charge is 0.400 e. The molecule has 0 spiro atoms. The number of aromatic nitrogens is 3. The van der Waals surface area contributed by atoms with Gasteiger partial charge in [-0.1, -0.05) is 6.07 Å². The van der Waals surface area contributed by atoms with Gasteiger partial charge in [-0.2, -0.15) is 18.3 Å². The molecule has 166 valence electrons. The first-order chi connectivity index (χ1) is 14.6. The predicted molar refractivity (Wildman–Crippen MR) is 111 cm³/mol. The second-order valence-electron chi connectivity index (χ2n) is 7.53. The SMILES string of the molecule is CC(=O)N1CC[C@H](n2nc3nc(-c4ccc(C(F)(F)F)cc4C)ccc3c2C)C1.CO. The number of halogens is 3.